The number of likely N-dealkylation sites (N-methyl/N-ethyl adjacent to an activating group) is 1. The molecule has 7 nitrogen and oxygen atoms in total. The van der Waals surface area contributed by atoms with E-state index >= 15 is 0 Å². The summed E-state index contributed by atoms with van der Waals surface area (Å²) in [6, 6.07) is 11.1. The van der Waals surface area contributed by atoms with Crippen LogP contribution in [0.2, 0.25) is 0 Å². The molecule has 4 rings (SSSR count). The zero-order valence-corrected chi connectivity index (χ0v) is 18.9. The molecule has 1 amide bonds. The van der Waals surface area contributed by atoms with Crippen LogP contribution in [0.25, 0.3) is 11.0 Å². The SMILES string of the molecule is CC(C)Nc1n[nH]c2nc([C@H]3CCCN(C(=O)CN(C)Cc4ccccc4F)C3)ccc12. The van der Waals surface area contributed by atoms with Crippen molar-refractivity contribution in [3.63, 3.8) is 0 Å². The smallest absolute Gasteiger partial charge is 0.236 e. The molecule has 1 aliphatic rings. The zero-order chi connectivity index (χ0) is 22.7. The number of nitrogens with zero attached hydrogens (tertiary/aromatic N) is 4. The van der Waals surface area contributed by atoms with Gasteiger partial charge in [-0.2, -0.15) is 5.10 Å². The fourth-order valence-electron chi connectivity index (χ4n) is 4.28. The summed E-state index contributed by atoms with van der Waals surface area (Å²) in [5.41, 5.74) is 2.34. The first-order chi connectivity index (χ1) is 15.4. The van der Waals surface area contributed by atoms with Crippen molar-refractivity contribution in [2.75, 3.05) is 32.0 Å². The lowest BCUT2D eigenvalue weighted by molar-refractivity contribution is -0.133. The number of carbonyl (C=O) groups excluding carboxylic acids is 1. The van der Waals surface area contributed by atoms with E-state index in [-0.39, 0.29) is 30.2 Å². The van der Waals surface area contributed by atoms with Gasteiger partial charge in [0.15, 0.2) is 11.5 Å². The van der Waals surface area contributed by atoms with Gasteiger partial charge in [-0.1, -0.05) is 18.2 Å². The third-order valence-corrected chi connectivity index (χ3v) is 5.87. The monoisotopic (exact) mass is 438 g/mol. The second-order valence-electron chi connectivity index (χ2n) is 8.95. The number of carbonyl (C=O) groups is 1. The summed E-state index contributed by atoms with van der Waals surface area (Å²) in [5.74, 6) is 0.836. The number of fused-ring (bicyclic) bond motifs is 1. The molecule has 8 heteroatoms. The molecule has 0 aliphatic carbocycles. The molecule has 2 N–H and O–H groups in total. The molecule has 2 aromatic heterocycles. The van der Waals surface area contributed by atoms with Crippen LogP contribution >= 0.6 is 0 Å². The molecule has 1 fully saturated rings. The molecule has 0 radical (unpaired) electrons. The summed E-state index contributed by atoms with van der Waals surface area (Å²) in [7, 11) is 1.85. The second kappa shape index (κ2) is 9.65. The standard InChI is InChI=1S/C24H31FN6O/c1-16(2)26-23-19-10-11-21(27-24(19)29-28-23)18-8-6-12-31(14-18)22(32)15-30(3)13-17-7-4-5-9-20(17)25/h4-5,7,9-11,16,18H,6,8,12-15H2,1-3H3,(H2,26,27,28,29)/t18-/m0/s1. The van der Waals surface area contributed by atoms with E-state index in [0.29, 0.717) is 18.7 Å². The number of amides is 1. The van der Waals surface area contributed by atoms with Gasteiger partial charge in [0.1, 0.15) is 5.82 Å². The Morgan fingerprint density at radius 3 is 2.91 bits per heavy atom. The number of rotatable bonds is 7. The van der Waals surface area contributed by atoms with Crippen LogP contribution in [0.4, 0.5) is 10.2 Å². The van der Waals surface area contributed by atoms with Gasteiger partial charge in [0.05, 0.1) is 11.9 Å². The summed E-state index contributed by atoms with van der Waals surface area (Å²) >= 11 is 0. The molecule has 1 aliphatic heterocycles. The molecule has 1 saturated heterocycles. The highest BCUT2D eigenvalue weighted by Gasteiger charge is 2.26. The number of anilines is 1. The van der Waals surface area contributed by atoms with Crippen LogP contribution in [0.5, 0.6) is 0 Å². The molecule has 0 bridgehead atoms. The first kappa shape index (κ1) is 22.2. The average molecular weight is 439 g/mol. The van der Waals surface area contributed by atoms with Crippen LogP contribution in [-0.4, -0.2) is 63.6 Å². The predicted octanol–water partition coefficient (Wildman–Crippen LogP) is 3.76. The van der Waals surface area contributed by atoms with Gasteiger partial charge in [0.2, 0.25) is 5.91 Å². The Morgan fingerprint density at radius 1 is 1.31 bits per heavy atom. The lowest BCUT2D eigenvalue weighted by Gasteiger charge is -2.33. The molecule has 1 aromatic carbocycles. The Kier molecular flexibility index (Phi) is 6.69. The van der Waals surface area contributed by atoms with Crippen molar-refractivity contribution in [3.05, 3.63) is 53.5 Å². The van der Waals surface area contributed by atoms with Gasteiger partial charge >= 0.3 is 0 Å². The van der Waals surface area contributed by atoms with Crippen LogP contribution < -0.4 is 5.32 Å². The van der Waals surface area contributed by atoms with Crippen molar-refractivity contribution in [1.82, 2.24) is 25.0 Å². The largest absolute Gasteiger partial charge is 0.366 e. The molecule has 32 heavy (non-hydrogen) atoms. The van der Waals surface area contributed by atoms with Crippen LogP contribution in [-0.2, 0) is 11.3 Å². The van der Waals surface area contributed by atoms with E-state index in [9.17, 15) is 9.18 Å². The molecule has 3 heterocycles. The number of hydrogen-bond acceptors (Lipinski definition) is 5. The molecule has 3 aromatic rings. The summed E-state index contributed by atoms with van der Waals surface area (Å²) in [4.78, 5) is 21.5. The summed E-state index contributed by atoms with van der Waals surface area (Å²) in [6.45, 7) is 6.21. The van der Waals surface area contributed by atoms with E-state index < -0.39 is 0 Å². The maximum absolute atomic E-state index is 13.9. The minimum atomic E-state index is -0.239. The summed E-state index contributed by atoms with van der Waals surface area (Å²) in [5, 5.41) is 11.7. The van der Waals surface area contributed by atoms with Crippen LogP contribution in [0.1, 0.15) is 43.9 Å². The van der Waals surface area contributed by atoms with Gasteiger partial charge in [-0.15, -0.1) is 0 Å². The minimum absolute atomic E-state index is 0.0691. The molecule has 1 atom stereocenters. The van der Waals surface area contributed by atoms with Crippen molar-refractivity contribution in [1.29, 1.82) is 0 Å². The highest BCUT2D eigenvalue weighted by atomic mass is 19.1. The predicted molar refractivity (Wildman–Crippen MR) is 124 cm³/mol. The topological polar surface area (TPSA) is 77.1 Å². The quantitative estimate of drug-likeness (QED) is 0.587. The fraction of sp³-hybridized carbons (Fsp3) is 0.458. The summed E-state index contributed by atoms with van der Waals surface area (Å²) < 4.78 is 13.9. The molecular formula is C24H31FN6O. The number of H-pyrrole nitrogens is 1. The number of halogens is 1. The van der Waals surface area contributed by atoms with Gasteiger partial charge in [0.25, 0.3) is 0 Å². The third kappa shape index (κ3) is 5.07. The molecule has 0 saturated carbocycles. The van der Waals surface area contributed by atoms with Gasteiger partial charge in [-0.25, -0.2) is 9.37 Å². The third-order valence-electron chi connectivity index (χ3n) is 5.87. The number of aromatic nitrogens is 3. The van der Waals surface area contributed by atoms with Gasteiger partial charge in [-0.05, 0) is 51.9 Å². The van der Waals surface area contributed by atoms with E-state index in [4.69, 9.17) is 4.98 Å². The number of nitrogens with one attached hydrogen (secondary N) is 2. The first-order valence-corrected chi connectivity index (χ1v) is 11.2. The number of pyridine rings is 1. The Bertz CT molecular complexity index is 1080. The normalized spacial score (nSPS) is 16.8. The second-order valence-corrected chi connectivity index (χ2v) is 8.95. The van der Waals surface area contributed by atoms with Crippen molar-refractivity contribution < 1.29 is 9.18 Å². The number of benzene rings is 1. The van der Waals surface area contributed by atoms with Crippen LogP contribution in [0.3, 0.4) is 0 Å². The van der Waals surface area contributed by atoms with E-state index in [2.05, 4.69) is 35.4 Å². The summed E-state index contributed by atoms with van der Waals surface area (Å²) in [6.07, 6.45) is 1.94. The van der Waals surface area contributed by atoms with Gasteiger partial charge < -0.3 is 10.2 Å². The number of piperidine rings is 1. The lowest BCUT2D eigenvalue weighted by atomic mass is 9.94. The van der Waals surface area contributed by atoms with E-state index in [0.717, 1.165) is 41.9 Å². The fourth-order valence-corrected chi connectivity index (χ4v) is 4.28. The Morgan fingerprint density at radius 2 is 2.12 bits per heavy atom. The lowest BCUT2D eigenvalue weighted by Crippen LogP contribution is -2.43. The van der Waals surface area contributed by atoms with Crippen molar-refractivity contribution in [2.24, 2.45) is 0 Å². The maximum Gasteiger partial charge on any atom is 0.236 e. The first-order valence-electron chi connectivity index (χ1n) is 11.2. The average Bonchev–Trinajstić information content (AvgIpc) is 3.17. The number of aromatic amines is 1. The van der Waals surface area contributed by atoms with Gasteiger partial charge in [-0.3, -0.25) is 14.8 Å². The highest BCUT2D eigenvalue weighted by molar-refractivity contribution is 5.87. The van der Waals surface area contributed by atoms with E-state index in [1.807, 2.05) is 29.0 Å². The van der Waals surface area contributed by atoms with Crippen molar-refractivity contribution >= 4 is 22.8 Å². The van der Waals surface area contributed by atoms with Gasteiger partial charge in [0, 0.05) is 42.9 Å². The number of hydrogen-bond donors (Lipinski definition) is 2. The zero-order valence-electron chi connectivity index (χ0n) is 18.9. The number of likely N-dealkylation sites (tertiary alicyclic amines) is 1. The molecular weight excluding hydrogens is 407 g/mol. The maximum atomic E-state index is 13.9. The Balaban J connectivity index is 1.39. The van der Waals surface area contributed by atoms with Crippen LogP contribution in [0.15, 0.2) is 36.4 Å². The highest BCUT2D eigenvalue weighted by Crippen LogP contribution is 2.28. The molecule has 0 unspecified atom stereocenters. The molecule has 170 valence electrons. The van der Waals surface area contributed by atoms with E-state index in [1.165, 1.54) is 6.07 Å². The van der Waals surface area contributed by atoms with Crippen LogP contribution in [0, 0.1) is 5.82 Å². The molecule has 0 spiro atoms. The van der Waals surface area contributed by atoms with Crippen molar-refractivity contribution in [2.45, 2.75) is 45.2 Å². The Labute approximate surface area is 188 Å². The Hall–Kier alpha value is -3.00. The van der Waals surface area contributed by atoms with E-state index in [1.54, 1.807) is 12.1 Å². The minimum Gasteiger partial charge on any atom is -0.366 e. The van der Waals surface area contributed by atoms with Crippen molar-refractivity contribution in [3.8, 4) is 0 Å².